The number of carbonyl (C=O) groups is 1. The molecule has 0 aliphatic carbocycles. The average Bonchev–Trinajstić information content (AvgIpc) is 2.41. The summed E-state index contributed by atoms with van der Waals surface area (Å²) >= 11 is 5.32. The van der Waals surface area contributed by atoms with Gasteiger partial charge in [0, 0.05) is 0 Å². The van der Waals surface area contributed by atoms with Crippen LogP contribution in [0.3, 0.4) is 0 Å². The summed E-state index contributed by atoms with van der Waals surface area (Å²) in [5, 5.41) is 2.93. The Bertz CT molecular complexity index is 545. The van der Waals surface area contributed by atoms with Gasteiger partial charge in [-0.05, 0) is 0 Å². The second-order valence-corrected chi connectivity index (χ2v) is 5.93. The van der Waals surface area contributed by atoms with Gasteiger partial charge in [-0.3, -0.25) is 0 Å². The Hall–Kier alpha value is -0.820. The fraction of sp³-hybridized carbons (Fsp3) is 0.0714. The number of benzene rings is 2. The van der Waals surface area contributed by atoms with Gasteiger partial charge in [0.15, 0.2) is 0 Å². The van der Waals surface area contributed by atoms with Gasteiger partial charge in [-0.2, -0.15) is 0 Å². The molecule has 0 heterocycles. The molecular weight excluding hydrogens is 406 g/mol. The predicted molar refractivity (Wildman–Crippen MR) is 78.6 cm³/mol. The Morgan fingerprint density at radius 1 is 1.06 bits per heavy atom. The Kier molecular flexibility index (Phi) is 4.82. The van der Waals surface area contributed by atoms with Crippen LogP contribution in [-0.2, 0) is 4.79 Å². The molecular formula is C14H11BrNOTe. The SMILES string of the molecule is O=C(Nc1ccccc1[Te])C(Br)c1ccccc1. The van der Waals surface area contributed by atoms with E-state index in [9.17, 15) is 4.79 Å². The monoisotopic (exact) mass is 418 g/mol. The molecule has 0 saturated carbocycles. The zero-order valence-corrected chi connectivity index (χ0v) is 13.4. The topological polar surface area (TPSA) is 29.1 Å². The summed E-state index contributed by atoms with van der Waals surface area (Å²) in [6.07, 6.45) is 0. The second kappa shape index (κ2) is 6.38. The van der Waals surface area contributed by atoms with Crippen molar-refractivity contribution in [1.82, 2.24) is 0 Å². The first-order valence-electron chi connectivity index (χ1n) is 5.44. The molecule has 1 atom stereocenters. The van der Waals surface area contributed by atoms with Gasteiger partial charge in [0.1, 0.15) is 0 Å². The van der Waals surface area contributed by atoms with Crippen molar-refractivity contribution in [1.29, 1.82) is 0 Å². The summed E-state index contributed by atoms with van der Waals surface area (Å²) in [5.74, 6) is -0.0581. The van der Waals surface area contributed by atoms with Crippen molar-refractivity contribution >= 4 is 53.4 Å². The van der Waals surface area contributed by atoms with Gasteiger partial charge in [-0.15, -0.1) is 0 Å². The maximum atomic E-state index is 12.1. The van der Waals surface area contributed by atoms with E-state index in [4.69, 9.17) is 0 Å². The second-order valence-electron chi connectivity index (χ2n) is 3.76. The van der Waals surface area contributed by atoms with E-state index in [0.717, 1.165) is 14.9 Å². The van der Waals surface area contributed by atoms with E-state index in [-0.39, 0.29) is 10.7 Å². The third-order valence-electron chi connectivity index (χ3n) is 2.47. The number of hydrogen-bond donors (Lipinski definition) is 1. The van der Waals surface area contributed by atoms with Crippen molar-refractivity contribution in [2.75, 3.05) is 5.32 Å². The van der Waals surface area contributed by atoms with E-state index in [1.807, 2.05) is 76.9 Å². The van der Waals surface area contributed by atoms with Crippen LogP contribution in [0.2, 0.25) is 0 Å². The molecule has 2 rings (SSSR count). The number of rotatable bonds is 3. The molecule has 1 N–H and O–H groups in total. The number of hydrogen-bond acceptors (Lipinski definition) is 1. The standard InChI is InChI=1S/C14H11BrNOTe/c15-13(10-6-2-1-3-7-10)14(17)16-11-8-4-5-9-12(11)18/h1-9,13H,(H,16,17). The summed E-state index contributed by atoms with van der Waals surface area (Å²) in [6.45, 7) is 0. The molecule has 1 unspecified atom stereocenters. The molecule has 0 bridgehead atoms. The van der Waals surface area contributed by atoms with Gasteiger partial charge in [-0.25, -0.2) is 0 Å². The van der Waals surface area contributed by atoms with Crippen LogP contribution in [0, 0.1) is 0 Å². The first kappa shape index (κ1) is 13.6. The maximum absolute atomic E-state index is 12.1. The van der Waals surface area contributed by atoms with E-state index in [1.54, 1.807) is 0 Å². The van der Waals surface area contributed by atoms with Crippen LogP contribution >= 0.6 is 15.9 Å². The molecule has 0 fully saturated rings. The molecule has 2 nitrogen and oxygen atoms in total. The summed E-state index contributed by atoms with van der Waals surface area (Å²) in [7, 11) is 0. The zero-order valence-electron chi connectivity index (χ0n) is 9.47. The van der Waals surface area contributed by atoms with Crippen LogP contribution in [0.5, 0.6) is 0 Å². The van der Waals surface area contributed by atoms with Gasteiger partial charge >= 0.3 is 129 Å². The Balaban J connectivity index is 2.12. The molecule has 0 aliphatic rings. The number of alkyl halides is 1. The fourth-order valence-electron chi connectivity index (χ4n) is 1.54. The first-order chi connectivity index (χ1) is 8.68. The van der Waals surface area contributed by atoms with E-state index < -0.39 is 0 Å². The Morgan fingerprint density at radius 3 is 2.33 bits per heavy atom. The molecule has 0 saturated heterocycles. The molecule has 91 valence electrons. The van der Waals surface area contributed by atoms with Crippen LogP contribution < -0.4 is 8.93 Å². The Labute approximate surface area is 128 Å². The quantitative estimate of drug-likeness (QED) is 0.605. The zero-order chi connectivity index (χ0) is 13.0. The van der Waals surface area contributed by atoms with Crippen LogP contribution in [-0.4, -0.2) is 28.2 Å². The van der Waals surface area contributed by atoms with Crippen LogP contribution in [0.4, 0.5) is 5.69 Å². The normalized spacial score (nSPS) is 11.8. The number of para-hydroxylation sites is 1. The molecule has 1 amide bonds. The van der Waals surface area contributed by atoms with Crippen molar-refractivity contribution in [3.8, 4) is 0 Å². The molecule has 1 radical (unpaired) electrons. The first-order valence-corrected chi connectivity index (χ1v) is 7.52. The number of halogens is 1. The fourth-order valence-corrected chi connectivity index (χ4v) is 2.52. The summed E-state index contributed by atoms with van der Waals surface area (Å²) < 4.78 is 1.06. The number of nitrogens with one attached hydrogen (secondary N) is 1. The predicted octanol–water partition coefficient (Wildman–Crippen LogP) is 2.56. The van der Waals surface area contributed by atoms with Gasteiger partial charge in [-0.1, -0.05) is 0 Å². The van der Waals surface area contributed by atoms with Crippen LogP contribution in [0.25, 0.3) is 0 Å². The van der Waals surface area contributed by atoms with Crippen LogP contribution in [0.15, 0.2) is 54.6 Å². The number of carbonyl (C=O) groups excluding carboxylic acids is 1. The minimum atomic E-state index is -0.334. The van der Waals surface area contributed by atoms with Gasteiger partial charge < -0.3 is 0 Å². The van der Waals surface area contributed by atoms with Gasteiger partial charge in [0.05, 0.1) is 0 Å². The summed E-state index contributed by atoms with van der Waals surface area (Å²) in [5.41, 5.74) is 1.80. The average molecular weight is 417 g/mol. The minimum absolute atomic E-state index is 0.0581. The van der Waals surface area contributed by atoms with E-state index in [1.165, 1.54) is 0 Å². The number of amides is 1. The summed E-state index contributed by atoms with van der Waals surface area (Å²) in [6, 6.07) is 17.4. The van der Waals surface area contributed by atoms with Gasteiger partial charge in [0.25, 0.3) is 0 Å². The summed E-state index contributed by atoms with van der Waals surface area (Å²) in [4.78, 5) is 11.8. The molecule has 0 spiro atoms. The van der Waals surface area contributed by atoms with E-state index in [0.29, 0.717) is 0 Å². The van der Waals surface area contributed by atoms with Crippen molar-refractivity contribution < 1.29 is 4.79 Å². The third kappa shape index (κ3) is 3.35. The van der Waals surface area contributed by atoms with Crippen LogP contribution in [0.1, 0.15) is 10.4 Å². The third-order valence-corrected chi connectivity index (χ3v) is 4.43. The molecule has 0 aromatic heterocycles. The van der Waals surface area contributed by atoms with Crippen molar-refractivity contribution in [3.05, 3.63) is 60.2 Å². The van der Waals surface area contributed by atoms with E-state index in [2.05, 4.69) is 21.2 Å². The van der Waals surface area contributed by atoms with Crippen molar-refractivity contribution in [3.63, 3.8) is 0 Å². The van der Waals surface area contributed by atoms with E-state index >= 15 is 0 Å². The number of anilines is 1. The Morgan fingerprint density at radius 2 is 1.67 bits per heavy atom. The molecule has 2 aromatic rings. The van der Waals surface area contributed by atoms with Crippen molar-refractivity contribution in [2.45, 2.75) is 4.83 Å². The molecule has 18 heavy (non-hydrogen) atoms. The van der Waals surface area contributed by atoms with Crippen molar-refractivity contribution in [2.24, 2.45) is 0 Å². The molecule has 0 aliphatic heterocycles. The van der Waals surface area contributed by atoms with Gasteiger partial charge in [0.2, 0.25) is 0 Å². The molecule has 4 heteroatoms. The molecule has 2 aromatic carbocycles.